The largest absolute Gasteiger partial charge is 0.347 e. The maximum atomic E-state index is 11.9. The van der Waals surface area contributed by atoms with Crippen LogP contribution in [0.1, 0.15) is 29.8 Å². The third-order valence-electron chi connectivity index (χ3n) is 3.41. The Morgan fingerprint density at radius 3 is 2.94 bits per heavy atom. The molecular weight excluding hydrogens is 216 g/mol. The Labute approximate surface area is 100 Å². The molecule has 2 fully saturated rings. The SMILES string of the molecule is O=C(NC1CCN(C2CC2)C1)c1cnccn1. The molecule has 1 atom stereocenters. The number of likely N-dealkylation sites (tertiary alicyclic amines) is 1. The van der Waals surface area contributed by atoms with Gasteiger partial charge in [0.2, 0.25) is 0 Å². The Bertz CT molecular complexity index is 404. The fourth-order valence-electron chi connectivity index (χ4n) is 2.35. The van der Waals surface area contributed by atoms with E-state index in [2.05, 4.69) is 20.2 Å². The van der Waals surface area contributed by atoms with Crippen LogP contribution in [0.25, 0.3) is 0 Å². The average Bonchev–Trinajstić information content (AvgIpc) is 3.12. The molecule has 5 nitrogen and oxygen atoms in total. The van der Waals surface area contributed by atoms with Gasteiger partial charge in [-0.1, -0.05) is 0 Å². The molecule has 0 spiro atoms. The van der Waals surface area contributed by atoms with E-state index in [0.29, 0.717) is 5.69 Å². The number of carbonyl (C=O) groups is 1. The van der Waals surface area contributed by atoms with Crippen LogP contribution in [-0.4, -0.2) is 45.9 Å². The summed E-state index contributed by atoms with van der Waals surface area (Å²) in [5.41, 5.74) is 0.400. The van der Waals surface area contributed by atoms with Crippen LogP contribution in [0.15, 0.2) is 18.6 Å². The molecule has 3 rings (SSSR count). The highest BCUT2D eigenvalue weighted by molar-refractivity contribution is 5.92. The number of nitrogens with zero attached hydrogens (tertiary/aromatic N) is 3. The van der Waals surface area contributed by atoms with Gasteiger partial charge in [0.15, 0.2) is 0 Å². The standard InChI is InChI=1S/C12H16N4O/c17-12(11-7-13-4-5-14-11)15-9-3-6-16(8-9)10-1-2-10/h4-5,7,9-10H,1-3,6,8H2,(H,15,17). The van der Waals surface area contributed by atoms with Crippen molar-refractivity contribution >= 4 is 5.91 Å². The molecule has 0 radical (unpaired) electrons. The maximum absolute atomic E-state index is 11.9. The Morgan fingerprint density at radius 1 is 1.35 bits per heavy atom. The number of nitrogens with one attached hydrogen (secondary N) is 1. The summed E-state index contributed by atoms with van der Waals surface area (Å²) in [5.74, 6) is -0.110. The van der Waals surface area contributed by atoms with Crippen LogP contribution in [0.2, 0.25) is 0 Å². The molecule has 1 aliphatic heterocycles. The van der Waals surface area contributed by atoms with Crippen LogP contribution in [0.5, 0.6) is 0 Å². The topological polar surface area (TPSA) is 58.1 Å². The van der Waals surface area contributed by atoms with Crippen LogP contribution >= 0.6 is 0 Å². The fraction of sp³-hybridized carbons (Fsp3) is 0.583. The zero-order valence-corrected chi connectivity index (χ0v) is 9.67. The number of aromatic nitrogens is 2. The summed E-state index contributed by atoms with van der Waals surface area (Å²) >= 11 is 0. The minimum Gasteiger partial charge on any atom is -0.347 e. The predicted molar refractivity (Wildman–Crippen MR) is 62.5 cm³/mol. The van der Waals surface area contributed by atoms with Crippen molar-refractivity contribution in [3.8, 4) is 0 Å². The van der Waals surface area contributed by atoms with Crippen LogP contribution in [0.4, 0.5) is 0 Å². The molecule has 1 aliphatic carbocycles. The van der Waals surface area contributed by atoms with Gasteiger partial charge < -0.3 is 5.32 Å². The van der Waals surface area contributed by atoms with E-state index in [-0.39, 0.29) is 11.9 Å². The molecule has 1 aromatic rings. The first-order valence-corrected chi connectivity index (χ1v) is 6.14. The van der Waals surface area contributed by atoms with Gasteiger partial charge in [-0.15, -0.1) is 0 Å². The van der Waals surface area contributed by atoms with Crippen LogP contribution < -0.4 is 5.32 Å². The summed E-state index contributed by atoms with van der Waals surface area (Å²) in [7, 11) is 0. The van der Waals surface area contributed by atoms with Crippen molar-refractivity contribution < 1.29 is 4.79 Å². The van der Waals surface area contributed by atoms with Gasteiger partial charge in [0.25, 0.3) is 5.91 Å². The first-order valence-electron chi connectivity index (χ1n) is 6.14. The molecule has 2 aliphatic rings. The number of hydrogen-bond acceptors (Lipinski definition) is 4. The zero-order valence-electron chi connectivity index (χ0n) is 9.67. The Hall–Kier alpha value is -1.49. The van der Waals surface area contributed by atoms with Crippen molar-refractivity contribution in [1.82, 2.24) is 20.2 Å². The summed E-state index contributed by atoms with van der Waals surface area (Å²) in [6.45, 7) is 2.09. The van der Waals surface area contributed by atoms with Gasteiger partial charge in [0.05, 0.1) is 6.20 Å². The highest BCUT2D eigenvalue weighted by Gasteiger charge is 2.34. The van der Waals surface area contributed by atoms with Gasteiger partial charge in [-0.3, -0.25) is 14.7 Å². The van der Waals surface area contributed by atoms with Gasteiger partial charge >= 0.3 is 0 Å². The summed E-state index contributed by atoms with van der Waals surface area (Å²) in [6, 6.07) is 1.05. The Kier molecular flexibility index (Phi) is 2.76. The van der Waals surface area contributed by atoms with Gasteiger partial charge in [-0.25, -0.2) is 4.98 Å². The number of hydrogen-bond donors (Lipinski definition) is 1. The lowest BCUT2D eigenvalue weighted by Gasteiger charge is -2.15. The second kappa shape index (κ2) is 4.41. The minimum atomic E-state index is -0.110. The summed E-state index contributed by atoms with van der Waals surface area (Å²) in [6.07, 6.45) is 8.31. The first-order chi connectivity index (χ1) is 8.33. The molecule has 90 valence electrons. The molecule has 1 unspecified atom stereocenters. The van der Waals surface area contributed by atoms with Crippen molar-refractivity contribution in [2.24, 2.45) is 0 Å². The molecule has 2 heterocycles. The highest BCUT2D eigenvalue weighted by atomic mass is 16.2. The lowest BCUT2D eigenvalue weighted by molar-refractivity contribution is 0.0932. The van der Waals surface area contributed by atoms with E-state index in [0.717, 1.165) is 25.6 Å². The predicted octanol–water partition coefficient (Wildman–Crippen LogP) is 0.443. The number of rotatable bonds is 3. The van der Waals surface area contributed by atoms with Gasteiger partial charge in [0.1, 0.15) is 5.69 Å². The molecule has 0 bridgehead atoms. The highest BCUT2D eigenvalue weighted by Crippen LogP contribution is 2.29. The number of carbonyl (C=O) groups excluding carboxylic acids is 1. The summed E-state index contributed by atoms with van der Waals surface area (Å²) in [5, 5.41) is 3.02. The first kappa shape index (κ1) is 10.7. The van der Waals surface area contributed by atoms with Gasteiger partial charge in [-0.2, -0.15) is 0 Å². The lowest BCUT2D eigenvalue weighted by atomic mass is 10.2. The van der Waals surface area contributed by atoms with E-state index >= 15 is 0 Å². The van der Waals surface area contributed by atoms with E-state index in [1.165, 1.54) is 19.0 Å². The molecule has 1 saturated heterocycles. The van der Waals surface area contributed by atoms with Crippen molar-refractivity contribution in [2.45, 2.75) is 31.3 Å². The molecule has 1 aromatic heterocycles. The van der Waals surface area contributed by atoms with Crippen molar-refractivity contribution in [1.29, 1.82) is 0 Å². The zero-order chi connectivity index (χ0) is 11.7. The van der Waals surface area contributed by atoms with E-state index in [1.54, 1.807) is 12.4 Å². The van der Waals surface area contributed by atoms with Crippen molar-refractivity contribution in [3.05, 3.63) is 24.3 Å². The second-order valence-corrected chi connectivity index (χ2v) is 4.78. The molecule has 17 heavy (non-hydrogen) atoms. The normalized spacial score (nSPS) is 24.8. The van der Waals surface area contributed by atoms with E-state index in [9.17, 15) is 4.79 Å². The van der Waals surface area contributed by atoms with E-state index in [1.807, 2.05) is 0 Å². The molecule has 1 N–H and O–H groups in total. The van der Waals surface area contributed by atoms with Crippen molar-refractivity contribution in [2.75, 3.05) is 13.1 Å². The van der Waals surface area contributed by atoms with E-state index < -0.39 is 0 Å². The lowest BCUT2D eigenvalue weighted by Crippen LogP contribution is -2.37. The minimum absolute atomic E-state index is 0.110. The monoisotopic (exact) mass is 232 g/mol. The molecule has 0 aromatic carbocycles. The smallest absolute Gasteiger partial charge is 0.271 e. The summed E-state index contributed by atoms with van der Waals surface area (Å²) in [4.78, 5) is 22.2. The summed E-state index contributed by atoms with van der Waals surface area (Å²) < 4.78 is 0. The van der Waals surface area contributed by atoms with Crippen LogP contribution in [-0.2, 0) is 0 Å². The van der Waals surface area contributed by atoms with Gasteiger partial charge in [0, 0.05) is 37.6 Å². The fourth-order valence-corrected chi connectivity index (χ4v) is 2.35. The third-order valence-corrected chi connectivity index (χ3v) is 3.41. The Balaban J connectivity index is 1.55. The van der Waals surface area contributed by atoms with E-state index in [4.69, 9.17) is 0 Å². The Morgan fingerprint density at radius 2 is 2.24 bits per heavy atom. The molecule has 1 saturated carbocycles. The molecular formula is C12H16N4O. The molecule has 5 heteroatoms. The second-order valence-electron chi connectivity index (χ2n) is 4.78. The number of amides is 1. The maximum Gasteiger partial charge on any atom is 0.271 e. The molecule has 1 amide bonds. The third kappa shape index (κ3) is 2.44. The van der Waals surface area contributed by atoms with Crippen LogP contribution in [0.3, 0.4) is 0 Å². The van der Waals surface area contributed by atoms with Gasteiger partial charge in [-0.05, 0) is 19.3 Å². The average molecular weight is 232 g/mol. The van der Waals surface area contributed by atoms with Crippen LogP contribution in [0, 0.1) is 0 Å². The van der Waals surface area contributed by atoms with Crippen molar-refractivity contribution in [3.63, 3.8) is 0 Å². The quantitative estimate of drug-likeness (QED) is 0.821.